The van der Waals surface area contributed by atoms with Crippen LogP contribution >= 0.6 is 0 Å². The third kappa shape index (κ3) is 3.77. The summed E-state index contributed by atoms with van der Waals surface area (Å²) in [7, 11) is 3.36. The van der Waals surface area contributed by atoms with Gasteiger partial charge in [0.15, 0.2) is 0 Å². The van der Waals surface area contributed by atoms with Crippen LogP contribution in [0.3, 0.4) is 0 Å². The van der Waals surface area contributed by atoms with Crippen LogP contribution in [0.1, 0.15) is 5.56 Å². The van der Waals surface area contributed by atoms with Crippen molar-refractivity contribution in [3.63, 3.8) is 0 Å². The molecule has 0 spiro atoms. The van der Waals surface area contributed by atoms with Gasteiger partial charge in [0.1, 0.15) is 11.6 Å². The molecule has 1 aromatic carbocycles. The quantitative estimate of drug-likeness (QED) is 0.905. The predicted molar refractivity (Wildman–Crippen MR) is 74.4 cm³/mol. The van der Waals surface area contributed by atoms with E-state index in [1.54, 1.807) is 14.1 Å². The lowest BCUT2D eigenvalue weighted by molar-refractivity contribution is -0.134. The number of rotatable bonds is 4. The number of carbonyl (C=O) groups excluding carboxylic acids is 1. The molecular weight excluding hydrogens is 278 g/mol. The van der Waals surface area contributed by atoms with Gasteiger partial charge >= 0.3 is 0 Å². The zero-order chi connectivity index (χ0) is 15.6. The minimum Gasteiger partial charge on any atom is -0.396 e. The van der Waals surface area contributed by atoms with Crippen LogP contribution in [0.5, 0.6) is 0 Å². The van der Waals surface area contributed by atoms with Crippen molar-refractivity contribution < 1.29 is 18.7 Å². The van der Waals surface area contributed by atoms with E-state index in [4.69, 9.17) is 0 Å². The number of likely N-dealkylation sites (tertiary alicyclic amines) is 1. The number of aliphatic hydroxyl groups is 1. The number of aliphatic hydroxyl groups excluding tert-OH is 1. The maximum atomic E-state index is 13.2. The first-order valence-electron chi connectivity index (χ1n) is 6.90. The molecule has 0 bridgehead atoms. The molecule has 1 heterocycles. The minimum atomic E-state index is -0.608. The Labute approximate surface area is 123 Å². The summed E-state index contributed by atoms with van der Waals surface area (Å²) in [6.45, 7) is 1.32. The second-order valence-electron chi connectivity index (χ2n) is 5.75. The molecule has 116 valence electrons. The minimum absolute atomic E-state index is 0.0260. The fourth-order valence-corrected chi connectivity index (χ4v) is 2.85. The highest BCUT2D eigenvalue weighted by Crippen LogP contribution is 2.26. The van der Waals surface area contributed by atoms with Gasteiger partial charge in [-0.2, -0.15) is 0 Å². The van der Waals surface area contributed by atoms with Gasteiger partial charge in [-0.15, -0.1) is 0 Å². The van der Waals surface area contributed by atoms with Gasteiger partial charge < -0.3 is 10.0 Å². The number of amides is 1. The van der Waals surface area contributed by atoms with E-state index in [9.17, 15) is 18.7 Å². The first-order valence-corrected chi connectivity index (χ1v) is 6.90. The van der Waals surface area contributed by atoms with Crippen LogP contribution in [-0.4, -0.2) is 54.6 Å². The summed E-state index contributed by atoms with van der Waals surface area (Å²) in [5.41, 5.74) is 0.530. The van der Waals surface area contributed by atoms with E-state index >= 15 is 0 Å². The molecule has 0 unspecified atom stereocenters. The smallest absolute Gasteiger partial charge is 0.226 e. The number of hydrogen-bond acceptors (Lipinski definition) is 3. The molecule has 2 rings (SSSR count). The Morgan fingerprint density at radius 3 is 2.43 bits per heavy atom. The van der Waals surface area contributed by atoms with Gasteiger partial charge in [0.05, 0.1) is 5.92 Å². The third-order valence-electron chi connectivity index (χ3n) is 3.84. The molecule has 1 saturated heterocycles. The maximum absolute atomic E-state index is 13.2. The molecule has 0 saturated carbocycles. The fourth-order valence-electron chi connectivity index (χ4n) is 2.85. The number of carbonyl (C=O) groups is 1. The summed E-state index contributed by atoms with van der Waals surface area (Å²) in [4.78, 5) is 15.5. The Kier molecular flexibility index (Phi) is 4.90. The number of nitrogens with zero attached hydrogens (tertiary/aromatic N) is 2. The molecule has 0 radical (unpaired) electrons. The van der Waals surface area contributed by atoms with Crippen LogP contribution in [0.25, 0.3) is 0 Å². The van der Waals surface area contributed by atoms with Crippen LogP contribution in [0.15, 0.2) is 18.2 Å². The standard InChI is InChI=1S/C15H20F2N2O2/c1-18(2)15(21)14-8-19(7-11(14)9-20)6-10-3-12(16)5-13(17)4-10/h3-5,11,14,20H,6-9H2,1-2H3/t11-,14+/m0/s1. The van der Waals surface area contributed by atoms with Gasteiger partial charge in [0, 0.05) is 52.3 Å². The molecule has 1 aliphatic heterocycles. The number of halogens is 2. The van der Waals surface area contributed by atoms with Crippen LogP contribution in [0.2, 0.25) is 0 Å². The molecule has 6 heteroatoms. The van der Waals surface area contributed by atoms with Crippen molar-refractivity contribution in [2.24, 2.45) is 11.8 Å². The Hall–Kier alpha value is -1.53. The van der Waals surface area contributed by atoms with Crippen LogP contribution in [0, 0.1) is 23.5 Å². The van der Waals surface area contributed by atoms with E-state index in [1.807, 2.05) is 4.90 Å². The Morgan fingerprint density at radius 1 is 1.29 bits per heavy atom. The second-order valence-corrected chi connectivity index (χ2v) is 5.75. The molecule has 1 aromatic rings. The van der Waals surface area contributed by atoms with Crippen LogP contribution < -0.4 is 0 Å². The lowest BCUT2D eigenvalue weighted by Gasteiger charge is -2.20. The lowest BCUT2D eigenvalue weighted by Crippen LogP contribution is -2.35. The Bertz CT molecular complexity index is 502. The van der Waals surface area contributed by atoms with Crippen molar-refractivity contribution in [2.45, 2.75) is 6.54 Å². The molecule has 21 heavy (non-hydrogen) atoms. The van der Waals surface area contributed by atoms with E-state index < -0.39 is 11.6 Å². The zero-order valence-electron chi connectivity index (χ0n) is 12.2. The van der Waals surface area contributed by atoms with Crippen LogP contribution in [0.4, 0.5) is 8.78 Å². The van der Waals surface area contributed by atoms with Crippen molar-refractivity contribution in [3.8, 4) is 0 Å². The van der Waals surface area contributed by atoms with Gasteiger partial charge in [0.2, 0.25) is 5.91 Å². The first kappa shape index (κ1) is 15.9. The summed E-state index contributed by atoms with van der Waals surface area (Å²) < 4.78 is 26.4. The summed E-state index contributed by atoms with van der Waals surface area (Å²) in [5.74, 6) is -1.66. The summed E-state index contributed by atoms with van der Waals surface area (Å²) >= 11 is 0. The summed E-state index contributed by atoms with van der Waals surface area (Å²) in [6, 6.07) is 3.42. The number of hydrogen-bond donors (Lipinski definition) is 1. The molecule has 4 nitrogen and oxygen atoms in total. The molecule has 1 aliphatic rings. The largest absolute Gasteiger partial charge is 0.396 e. The summed E-state index contributed by atoms with van der Waals surface area (Å²) in [5, 5.41) is 9.42. The van der Waals surface area contributed by atoms with E-state index in [-0.39, 0.29) is 24.3 Å². The van der Waals surface area contributed by atoms with Crippen LogP contribution in [-0.2, 0) is 11.3 Å². The van der Waals surface area contributed by atoms with Crippen molar-refractivity contribution in [3.05, 3.63) is 35.4 Å². The molecule has 1 N–H and O–H groups in total. The zero-order valence-corrected chi connectivity index (χ0v) is 12.2. The topological polar surface area (TPSA) is 43.8 Å². The fraction of sp³-hybridized carbons (Fsp3) is 0.533. The monoisotopic (exact) mass is 298 g/mol. The normalized spacial score (nSPS) is 22.5. The van der Waals surface area contributed by atoms with E-state index in [1.165, 1.54) is 17.0 Å². The van der Waals surface area contributed by atoms with Gasteiger partial charge in [-0.1, -0.05) is 0 Å². The van der Waals surface area contributed by atoms with Crippen molar-refractivity contribution >= 4 is 5.91 Å². The Balaban J connectivity index is 2.07. The molecule has 0 aromatic heterocycles. The SMILES string of the molecule is CN(C)C(=O)[C@@H]1CN(Cc2cc(F)cc(F)c2)C[C@H]1CO. The van der Waals surface area contributed by atoms with E-state index in [0.717, 1.165) is 6.07 Å². The second kappa shape index (κ2) is 6.49. The lowest BCUT2D eigenvalue weighted by atomic mass is 9.96. The highest BCUT2D eigenvalue weighted by molar-refractivity contribution is 5.79. The van der Waals surface area contributed by atoms with Gasteiger partial charge in [-0.05, 0) is 17.7 Å². The highest BCUT2D eigenvalue weighted by Gasteiger charge is 2.37. The van der Waals surface area contributed by atoms with E-state index in [2.05, 4.69) is 0 Å². The van der Waals surface area contributed by atoms with E-state index in [0.29, 0.717) is 25.2 Å². The molecule has 0 aliphatic carbocycles. The molecular formula is C15H20F2N2O2. The average molecular weight is 298 g/mol. The summed E-state index contributed by atoms with van der Waals surface area (Å²) in [6.07, 6.45) is 0. The van der Waals surface area contributed by atoms with Gasteiger partial charge in [-0.25, -0.2) is 8.78 Å². The Morgan fingerprint density at radius 2 is 1.90 bits per heavy atom. The predicted octanol–water partition coefficient (Wildman–Crippen LogP) is 1.09. The van der Waals surface area contributed by atoms with Crippen molar-refractivity contribution in [1.29, 1.82) is 0 Å². The highest BCUT2D eigenvalue weighted by atomic mass is 19.1. The van der Waals surface area contributed by atoms with Crippen molar-refractivity contribution in [2.75, 3.05) is 33.8 Å². The maximum Gasteiger partial charge on any atom is 0.226 e. The molecule has 2 atom stereocenters. The number of benzene rings is 1. The molecule has 1 fully saturated rings. The molecule has 1 amide bonds. The average Bonchev–Trinajstić information content (AvgIpc) is 2.79. The van der Waals surface area contributed by atoms with Gasteiger partial charge in [-0.3, -0.25) is 9.69 Å². The third-order valence-corrected chi connectivity index (χ3v) is 3.84. The van der Waals surface area contributed by atoms with Crippen molar-refractivity contribution in [1.82, 2.24) is 9.80 Å². The van der Waals surface area contributed by atoms with Gasteiger partial charge in [0.25, 0.3) is 0 Å². The first-order chi connectivity index (χ1) is 9.90.